The molecule has 1 atom stereocenters. The van der Waals surface area contributed by atoms with Crippen LogP contribution in [0.25, 0.3) is 0 Å². The summed E-state index contributed by atoms with van der Waals surface area (Å²) in [5, 5.41) is 0. The molecule has 3 nitrogen and oxygen atoms in total. The van der Waals surface area contributed by atoms with E-state index in [1.54, 1.807) is 0 Å². The fraction of sp³-hybridized carbons (Fsp3) is 0.889. The van der Waals surface area contributed by atoms with Gasteiger partial charge in [0.25, 0.3) is 0 Å². The third kappa shape index (κ3) is 1.54. The summed E-state index contributed by atoms with van der Waals surface area (Å²) in [5.74, 6) is 0. The highest BCUT2D eigenvalue weighted by atomic mass is 16.2. The standard InChI is InChI=1S/C9H18N2O/c1-4-10-7-6-8(3)11(5-2)9(10)12/h8H,4-7H2,1-3H3. The van der Waals surface area contributed by atoms with Crippen LogP contribution in [0.5, 0.6) is 0 Å². The number of urea groups is 1. The van der Waals surface area contributed by atoms with Crippen molar-refractivity contribution < 1.29 is 4.79 Å². The quantitative estimate of drug-likeness (QED) is 0.616. The molecular formula is C9H18N2O. The van der Waals surface area contributed by atoms with Crippen LogP contribution in [0.3, 0.4) is 0 Å². The zero-order chi connectivity index (χ0) is 9.14. The molecule has 12 heavy (non-hydrogen) atoms. The Bertz CT molecular complexity index is 170. The van der Waals surface area contributed by atoms with Crippen LogP contribution in [0.15, 0.2) is 0 Å². The highest BCUT2D eigenvalue weighted by molar-refractivity contribution is 5.75. The molecule has 0 bridgehead atoms. The van der Waals surface area contributed by atoms with Crippen LogP contribution in [-0.2, 0) is 0 Å². The highest BCUT2D eigenvalue weighted by Crippen LogP contribution is 2.14. The predicted molar refractivity (Wildman–Crippen MR) is 49.1 cm³/mol. The van der Waals surface area contributed by atoms with Crippen molar-refractivity contribution >= 4 is 6.03 Å². The SMILES string of the molecule is CCN1CCC(C)N(CC)C1=O. The Hall–Kier alpha value is -0.730. The maximum atomic E-state index is 11.6. The Kier molecular flexibility index (Phi) is 2.95. The molecule has 2 amide bonds. The highest BCUT2D eigenvalue weighted by Gasteiger charge is 2.27. The molecule has 0 N–H and O–H groups in total. The molecular weight excluding hydrogens is 152 g/mol. The van der Waals surface area contributed by atoms with Crippen molar-refractivity contribution in [2.45, 2.75) is 33.2 Å². The van der Waals surface area contributed by atoms with Crippen LogP contribution < -0.4 is 0 Å². The topological polar surface area (TPSA) is 23.6 Å². The first-order valence-corrected chi connectivity index (χ1v) is 4.76. The van der Waals surface area contributed by atoms with E-state index in [9.17, 15) is 4.79 Å². The fourth-order valence-electron chi connectivity index (χ4n) is 1.70. The Morgan fingerprint density at radius 3 is 2.58 bits per heavy atom. The lowest BCUT2D eigenvalue weighted by Crippen LogP contribution is -2.52. The molecule has 1 rings (SSSR count). The van der Waals surface area contributed by atoms with E-state index in [2.05, 4.69) is 6.92 Å². The third-order valence-electron chi connectivity index (χ3n) is 2.59. The van der Waals surface area contributed by atoms with Gasteiger partial charge in [-0.25, -0.2) is 4.79 Å². The molecule has 0 radical (unpaired) electrons. The average Bonchev–Trinajstić information content (AvgIpc) is 2.06. The van der Waals surface area contributed by atoms with Crippen molar-refractivity contribution in [2.75, 3.05) is 19.6 Å². The van der Waals surface area contributed by atoms with Gasteiger partial charge in [0.1, 0.15) is 0 Å². The molecule has 0 spiro atoms. The minimum absolute atomic E-state index is 0.207. The summed E-state index contributed by atoms with van der Waals surface area (Å²) in [7, 11) is 0. The number of amides is 2. The summed E-state index contributed by atoms with van der Waals surface area (Å²) in [6.45, 7) is 8.77. The predicted octanol–water partition coefficient (Wildman–Crippen LogP) is 1.54. The lowest BCUT2D eigenvalue weighted by molar-refractivity contribution is 0.109. The lowest BCUT2D eigenvalue weighted by Gasteiger charge is -2.39. The number of carbonyl (C=O) groups excluding carboxylic acids is 1. The molecule has 0 aromatic carbocycles. The van der Waals surface area contributed by atoms with Gasteiger partial charge in [-0.15, -0.1) is 0 Å². The second-order valence-electron chi connectivity index (χ2n) is 3.29. The normalized spacial score (nSPS) is 24.9. The molecule has 1 heterocycles. The first kappa shape index (κ1) is 9.36. The van der Waals surface area contributed by atoms with Gasteiger partial charge >= 0.3 is 6.03 Å². The van der Waals surface area contributed by atoms with E-state index in [1.807, 2.05) is 23.6 Å². The maximum absolute atomic E-state index is 11.6. The third-order valence-corrected chi connectivity index (χ3v) is 2.59. The summed E-state index contributed by atoms with van der Waals surface area (Å²) in [5.41, 5.74) is 0. The number of hydrogen-bond acceptors (Lipinski definition) is 1. The van der Waals surface area contributed by atoms with Crippen molar-refractivity contribution in [3.63, 3.8) is 0 Å². The summed E-state index contributed by atoms with van der Waals surface area (Å²) in [6, 6.07) is 0.629. The Labute approximate surface area is 74.3 Å². The van der Waals surface area contributed by atoms with E-state index >= 15 is 0 Å². The van der Waals surface area contributed by atoms with Crippen molar-refractivity contribution in [2.24, 2.45) is 0 Å². The average molecular weight is 170 g/mol. The summed E-state index contributed by atoms with van der Waals surface area (Å²) in [4.78, 5) is 15.5. The summed E-state index contributed by atoms with van der Waals surface area (Å²) < 4.78 is 0. The Morgan fingerprint density at radius 2 is 2.08 bits per heavy atom. The van der Waals surface area contributed by atoms with Gasteiger partial charge in [-0.1, -0.05) is 0 Å². The van der Waals surface area contributed by atoms with E-state index in [0.29, 0.717) is 6.04 Å². The molecule has 1 aliphatic heterocycles. The second-order valence-corrected chi connectivity index (χ2v) is 3.29. The van der Waals surface area contributed by atoms with Crippen molar-refractivity contribution in [1.82, 2.24) is 9.80 Å². The Morgan fingerprint density at radius 1 is 1.42 bits per heavy atom. The molecule has 1 saturated heterocycles. The summed E-state index contributed by atoms with van der Waals surface area (Å²) in [6.07, 6.45) is 1.10. The van der Waals surface area contributed by atoms with Crippen LogP contribution >= 0.6 is 0 Å². The van der Waals surface area contributed by atoms with E-state index in [-0.39, 0.29) is 6.03 Å². The lowest BCUT2D eigenvalue weighted by atomic mass is 10.1. The molecule has 1 aliphatic rings. The first-order valence-electron chi connectivity index (χ1n) is 4.76. The second kappa shape index (κ2) is 3.78. The Balaban J connectivity index is 2.63. The molecule has 0 saturated carbocycles. The van der Waals surface area contributed by atoms with Crippen LogP contribution in [-0.4, -0.2) is 41.5 Å². The van der Waals surface area contributed by atoms with Gasteiger partial charge in [-0.2, -0.15) is 0 Å². The van der Waals surface area contributed by atoms with E-state index in [1.165, 1.54) is 0 Å². The zero-order valence-corrected chi connectivity index (χ0v) is 8.21. The van der Waals surface area contributed by atoms with Crippen molar-refractivity contribution in [3.8, 4) is 0 Å². The molecule has 1 unspecified atom stereocenters. The van der Waals surface area contributed by atoms with E-state index < -0.39 is 0 Å². The zero-order valence-electron chi connectivity index (χ0n) is 8.21. The number of rotatable bonds is 2. The molecule has 0 aliphatic carbocycles. The van der Waals surface area contributed by atoms with Gasteiger partial charge in [0, 0.05) is 25.7 Å². The van der Waals surface area contributed by atoms with E-state index in [4.69, 9.17) is 0 Å². The van der Waals surface area contributed by atoms with Gasteiger partial charge in [0.15, 0.2) is 0 Å². The van der Waals surface area contributed by atoms with Crippen LogP contribution in [0.1, 0.15) is 27.2 Å². The van der Waals surface area contributed by atoms with Crippen LogP contribution in [0.2, 0.25) is 0 Å². The van der Waals surface area contributed by atoms with Gasteiger partial charge in [-0.05, 0) is 27.2 Å². The van der Waals surface area contributed by atoms with Gasteiger partial charge in [0.05, 0.1) is 0 Å². The van der Waals surface area contributed by atoms with Gasteiger partial charge in [0.2, 0.25) is 0 Å². The smallest absolute Gasteiger partial charge is 0.320 e. The first-order chi connectivity index (χ1) is 5.70. The minimum atomic E-state index is 0.207. The molecule has 0 aromatic heterocycles. The number of nitrogens with zero attached hydrogens (tertiary/aromatic N) is 2. The summed E-state index contributed by atoms with van der Waals surface area (Å²) >= 11 is 0. The van der Waals surface area contributed by atoms with Crippen molar-refractivity contribution in [3.05, 3.63) is 0 Å². The molecule has 0 aromatic rings. The van der Waals surface area contributed by atoms with Gasteiger partial charge < -0.3 is 9.80 Å². The van der Waals surface area contributed by atoms with E-state index in [0.717, 1.165) is 26.1 Å². The monoisotopic (exact) mass is 170 g/mol. The van der Waals surface area contributed by atoms with Crippen LogP contribution in [0.4, 0.5) is 4.79 Å². The molecule has 70 valence electrons. The van der Waals surface area contributed by atoms with Crippen LogP contribution in [0, 0.1) is 0 Å². The molecule has 1 fully saturated rings. The maximum Gasteiger partial charge on any atom is 0.320 e. The van der Waals surface area contributed by atoms with Crippen molar-refractivity contribution in [1.29, 1.82) is 0 Å². The minimum Gasteiger partial charge on any atom is -0.325 e. The molecule has 3 heteroatoms. The number of hydrogen-bond donors (Lipinski definition) is 0. The van der Waals surface area contributed by atoms with Gasteiger partial charge in [-0.3, -0.25) is 0 Å². The fourth-order valence-corrected chi connectivity index (χ4v) is 1.70. The number of carbonyl (C=O) groups is 1. The largest absolute Gasteiger partial charge is 0.325 e.